The molecule has 0 aliphatic rings. The molecule has 2 heterocycles. The largest absolute Gasteiger partial charge is 0.381 e. The number of hydrogen-bond donors (Lipinski definition) is 0. The van der Waals surface area contributed by atoms with E-state index in [1.165, 1.54) is 17.1 Å². The van der Waals surface area contributed by atoms with E-state index < -0.39 is 4.92 Å². The fourth-order valence-corrected chi connectivity index (χ4v) is 1.53. The van der Waals surface area contributed by atoms with Crippen molar-refractivity contribution in [2.75, 3.05) is 0 Å². The molecule has 0 saturated heterocycles. The van der Waals surface area contributed by atoms with Crippen LogP contribution in [0.2, 0.25) is 0 Å². The Morgan fingerprint density at radius 2 is 2.35 bits per heavy atom. The van der Waals surface area contributed by atoms with Crippen molar-refractivity contribution >= 4 is 11.6 Å². The second-order valence-electron chi connectivity index (χ2n) is 3.59. The van der Waals surface area contributed by atoms with E-state index in [9.17, 15) is 14.9 Å². The lowest BCUT2D eigenvalue weighted by molar-refractivity contribution is -0.389. The number of nitrogens with zero attached hydrogens (tertiary/aromatic N) is 4. The van der Waals surface area contributed by atoms with Crippen LogP contribution in [-0.4, -0.2) is 24.8 Å². The molecule has 0 unspecified atom stereocenters. The summed E-state index contributed by atoms with van der Waals surface area (Å²) in [6.07, 6.45) is 4.28. The smallest absolute Gasteiger partial charge is 0.358 e. The molecule has 7 heteroatoms. The second kappa shape index (κ2) is 4.20. The van der Waals surface area contributed by atoms with Crippen molar-refractivity contribution in [2.24, 2.45) is 7.05 Å². The van der Waals surface area contributed by atoms with Gasteiger partial charge in [-0.15, -0.1) is 0 Å². The van der Waals surface area contributed by atoms with Crippen molar-refractivity contribution in [1.29, 1.82) is 0 Å². The van der Waals surface area contributed by atoms with Crippen LogP contribution < -0.4 is 0 Å². The Bertz CT molecular complexity index is 570. The first-order valence-corrected chi connectivity index (χ1v) is 4.88. The number of Topliss-reactive ketones (excluding diaryl/α,β-unsaturated/α-hetero) is 1. The molecule has 2 rings (SSSR count). The first kappa shape index (κ1) is 11.1. The summed E-state index contributed by atoms with van der Waals surface area (Å²) in [5.41, 5.74) is 0.557. The maximum absolute atomic E-state index is 11.8. The minimum Gasteiger partial charge on any atom is -0.358 e. The number of aromatic nitrogens is 3. The molecule has 0 amide bonds. The number of imidazole rings is 1. The van der Waals surface area contributed by atoms with Gasteiger partial charge in [-0.3, -0.25) is 4.79 Å². The van der Waals surface area contributed by atoms with E-state index in [1.54, 1.807) is 29.9 Å². The van der Waals surface area contributed by atoms with Gasteiger partial charge >= 0.3 is 5.82 Å². The van der Waals surface area contributed by atoms with Gasteiger partial charge in [-0.05, 0) is 22.0 Å². The zero-order valence-electron chi connectivity index (χ0n) is 9.11. The monoisotopic (exact) mass is 234 g/mol. The molecule has 0 spiro atoms. The first-order valence-electron chi connectivity index (χ1n) is 4.88. The average molecular weight is 234 g/mol. The molecular weight excluding hydrogens is 224 g/mol. The van der Waals surface area contributed by atoms with Crippen LogP contribution in [0, 0.1) is 10.1 Å². The van der Waals surface area contributed by atoms with Crippen LogP contribution in [0.4, 0.5) is 5.82 Å². The lowest BCUT2D eigenvalue weighted by Gasteiger charge is -2.01. The normalized spacial score (nSPS) is 10.4. The van der Waals surface area contributed by atoms with Crippen molar-refractivity contribution in [3.05, 3.63) is 46.7 Å². The van der Waals surface area contributed by atoms with Gasteiger partial charge in [0.25, 0.3) is 0 Å². The van der Waals surface area contributed by atoms with Crippen LogP contribution >= 0.6 is 0 Å². The molecule has 0 radical (unpaired) electrons. The van der Waals surface area contributed by atoms with Crippen LogP contribution in [0.3, 0.4) is 0 Å². The summed E-state index contributed by atoms with van der Waals surface area (Å²) < 4.78 is 3.10. The zero-order chi connectivity index (χ0) is 12.4. The number of nitro groups is 1. The fourth-order valence-electron chi connectivity index (χ4n) is 1.53. The fraction of sp³-hybridized carbons (Fsp3) is 0.200. The summed E-state index contributed by atoms with van der Waals surface area (Å²) in [6, 6.07) is 3.47. The first-order chi connectivity index (χ1) is 8.08. The third-order valence-electron chi connectivity index (χ3n) is 2.36. The SMILES string of the molecule is Cn1cccc1C(=O)Cn1cnc([N+](=O)[O-])c1. The van der Waals surface area contributed by atoms with Crippen LogP contribution in [0.25, 0.3) is 0 Å². The highest BCUT2D eigenvalue weighted by Gasteiger charge is 2.14. The predicted molar refractivity (Wildman–Crippen MR) is 58.6 cm³/mol. The van der Waals surface area contributed by atoms with Crippen molar-refractivity contribution in [3.63, 3.8) is 0 Å². The van der Waals surface area contributed by atoms with E-state index in [-0.39, 0.29) is 18.1 Å². The highest BCUT2D eigenvalue weighted by molar-refractivity contribution is 5.94. The summed E-state index contributed by atoms with van der Waals surface area (Å²) >= 11 is 0. The van der Waals surface area contributed by atoms with Crippen LogP contribution in [0.1, 0.15) is 10.5 Å². The van der Waals surface area contributed by atoms with Gasteiger partial charge in [0.05, 0.1) is 12.2 Å². The summed E-state index contributed by atoms with van der Waals surface area (Å²) in [4.78, 5) is 25.2. The molecule has 88 valence electrons. The van der Waals surface area contributed by atoms with Gasteiger partial charge in [0.2, 0.25) is 6.33 Å². The molecule has 0 saturated carbocycles. The Labute approximate surface area is 96.5 Å². The molecule has 17 heavy (non-hydrogen) atoms. The molecular formula is C10H10N4O3. The lowest BCUT2D eigenvalue weighted by atomic mass is 10.3. The van der Waals surface area contributed by atoms with E-state index in [0.717, 1.165) is 0 Å². The average Bonchev–Trinajstić information content (AvgIpc) is 2.86. The molecule has 0 fully saturated rings. The Hall–Kier alpha value is -2.44. The molecule has 0 N–H and O–H groups in total. The van der Waals surface area contributed by atoms with Crippen LogP contribution in [-0.2, 0) is 13.6 Å². The van der Waals surface area contributed by atoms with E-state index >= 15 is 0 Å². The number of ketones is 1. The third kappa shape index (κ3) is 2.22. The van der Waals surface area contributed by atoms with Crippen molar-refractivity contribution in [1.82, 2.24) is 14.1 Å². The van der Waals surface area contributed by atoms with Crippen molar-refractivity contribution < 1.29 is 9.72 Å². The molecule has 0 atom stereocenters. The van der Waals surface area contributed by atoms with Crippen LogP contribution in [0.15, 0.2) is 30.9 Å². The number of rotatable bonds is 4. The molecule has 2 aromatic heterocycles. The van der Waals surface area contributed by atoms with E-state index in [1.807, 2.05) is 0 Å². The quantitative estimate of drug-likeness (QED) is 0.449. The Morgan fingerprint density at radius 3 is 2.88 bits per heavy atom. The van der Waals surface area contributed by atoms with Gasteiger partial charge < -0.3 is 19.2 Å². The summed E-state index contributed by atoms with van der Waals surface area (Å²) in [5.74, 6) is -0.380. The second-order valence-corrected chi connectivity index (χ2v) is 3.59. The molecule has 7 nitrogen and oxygen atoms in total. The maximum atomic E-state index is 11.8. The van der Waals surface area contributed by atoms with Gasteiger partial charge in [-0.1, -0.05) is 0 Å². The summed E-state index contributed by atoms with van der Waals surface area (Å²) in [5, 5.41) is 10.4. The third-order valence-corrected chi connectivity index (χ3v) is 2.36. The van der Waals surface area contributed by atoms with Gasteiger partial charge in [0, 0.05) is 13.2 Å². The number of carbonyl (C=O) groups excluding carboxylic acids is 1. The van der Waals surface area contributed by atoms with E-state index in [4.69, 9.17) is 0 Å². The minimum atomic E-state index is -0.594. The predicted octanol–water partition coefficient (Wildman–Crippen LogP) is 1.01. The highest BCUT2D eigenvalue weighted by atomic mass is 16.6. The molecule has 0 aromatic carbocycles. The Kier molecular flexibility index (Phi) is 2.73. The maximum Gasteiger partial charge on any atom is 0.381 e. The summed E-state index contributed by atoms with van der Waals surface area (Å²) in [6.45, 7) is 0.0404. The molecule has 0 bridgehead atoms. The summed E-state index contributed by atoms with van der Waals surface area (Å²) in [7, 11) is 1.77. The standard InChI is InChI=1S/C10H10N4O3/c1-12-4-2-3-8(12)9(15)5-13-6-10(11-7-13)14(16)17/h2-4,6-7H,5H2,1H3. The lowest BCUT2D eigenvalue weighted by Crippen LogP contribution is -2.12. The molecule has 0 aliphatic heterocycles. The molecule has 0 aliphatic carbocycles. The minimum absolute atomic E-state index is 0.0404. The van der Waals surface area contributed by atoms with Crippen molar-refractivity contribution in [3.8, 4) is 0 Å². The van der Waals surface area contributed by atoms with Gasteiger partial charge in [-0.2, -0.15) is 0 Å². The highest BCUT2D eigenvalue weighted by Crippen LogP contribution is 2.08. The van der Waals surface area contributed by atoms with E-state index in [0.29, 0.717) is 5.69 Å². The Morgan fingerprint density at radius 1 is 1.59 bits per heavy atom. The number of carbonyl (C=O) groups is 1. The zero-order valence-corrected chi connectivity index (χ0v) is 9.11. The Balaban J connectivity index is 2.13. The van der Waals surface area contributed by atoms with Gasteiger partial charge in [0.1, 0.15) is 6.20 Å². The van der Waals surface area contributed by atoms with Gasteiger partial charge in [0.15, 0.2) is 5.78 Å². The van der Waals surface area contributed by atoms with E-state index in [2.05, 4.69) is 4.98 Å². The number of hydrogen-bond acceptors (Lipinski definition) is 4. The van der Waals surface area contributed by atoms with Gasteiger partial charge in [-0.25, -0.2) is 0 Å². The molecule has 2 aromatic rings. The van der Waals surface area contributed by atoms with Crippen LogP contribution in [0.5, 0.6) is 0 Å². The number of aryl methyl sites for hydroxylation is 1. The topological polar surface area (TPSA) is 83.0 Å². The van der Waals surface area contributed by atoms with Crippen molar-refractivity contribution in [2.45, 2.75) is 6.54 Å².